The zero-order chi connectivity index (χ0) is 20.9. The molecule has 1 aliphatic rings. The van der Waals surface area contributed by atoms with Crippen molar-refractivity contribution in [3.63, 3.8) is 0 Å². The highest BCUT2D eigenvalue weighted by Crippen LogP contribution is 2.34. The minimum atomic E-state index is -0.999. The Hall–Kier alpha value is -2.93. The molecule has 0 bridgehead atoms. The van der Waals surface area contributed by atoms with Crippen molar-refractivity contribution in [2.45, 2.75) is 44.2 Å². The van der Waals surface area contributed by atoms with Crippen molar-refractivity contribution < 1.29 is 18.4 Å². The Morgan fingerprint density at radius 2 is 1.87 bits per heavy atom. The second kappa shape index (κ2) is 9.26. The summed E-state index contributed by atoms with van der Waals surface area (Å²) in [5, 5.41) is 4.94. The summed E-state index contributed by atoms with van der Waals surface area (Å²) >= 11 is 1.36. The number of furan rings is 1. The van der Waals surface area contributed by atoms with Crippen molar-refractivity contribution in [3.05, 3.63) is 76.6 Å². The number of halogens is 1. The standard InChI is InChI=1S/C23H23FN2O3S/c24-17-10-4-5-11-18(17)26(23(28)19-12-6-14-29-19)21(20-13-7-15-30-20)22(27)25-16-8-2-1-3-9-16/h4-7,10-16,21H,1-3,8-9H2,(H,25,27)/t21-/m0/s1. The first-order valence-electron chi connectivity index (χ1n) is 10.1. The number of para-hydroxylation sites is 1. The third-order valence-corrected chi connectivity index (χ3v) is 6.26. The maximum absolute atomic E-state index is 14.8. The first-order chi connectivity index (χ1) is 14.6. The van der Waals surface area contributed by atoms with Gasteiger partial charge in [0.2, 0.25) is 5.91 Å². The van der Waals surface area contributed by atoms with Gasteiger partial charge in [0.15, 0.2) is 11.8 Å². The van der Waals surface area contributed by atoms with Crippen LogP contribution in [0.2, 0.25) is 0 Å². The van der Waals surface area contributed by atoms with Crippen LogP contribution in [0.25, 0.3) is 0 Å². The Bertz CT molecular complexity index is 982. The molecule has 0 aliphatic heterocycles. The number of anilines is 1. The molecule has 1 aliphatic carbocycles. The van der Waals surface area contributed by atoms with Crippen molar-refractivity contribution in [2.75, 3.05) is 4.90 Å². The van der Waals surface area contributed by atoms with Crippen molar-refractivity contribution in [1.82, 2.24) is 5.32 Å². The van der Waals surface area contributed by atoms with Crippen LogP contribution in [-0.4, -0.2) is 17.9 Å². The number of amides is 2. The van der Waals surface area contributed by atoms with Crippen molar-refractivity contribution in [3.8, 4) is 0 Å². The second-order valence-electron chi connectivity index (χ2n) is 7.37. The predicted octanol–water partition coefficient (Wildman–Crippen LogP) is 5.32. The summed E-state index contributed by atoms with van der Waals surface area (Å²) in [4.78, 5) is 28.7. The van der Waals surface area contributed by atoms with Crippen LogP contribution in [0.15, 0.2) is 64.6 Å². The van der Waals surface area contributed by atoms with E-state index in [9.17, 15) is 14.0 Å². The molecule has 2 heterocycles. The number of benzene rings is 1. The fraction of sp³-hybridized carbons (Fsp3) is 0.304. The fourth-order valence-electron chi connectivity index (χ4n) is 3.88. The number of carbonyl (C=O) groups excluding carboxylic acids is 2. The van der Waals surface area contributed by atoms with Gasteiger partial charge in [-0.1, -0.05) is 37.5 Å². The van der Waals surface area contributed by atoms with E-state index in [0.717, 1.165) is 25.7 Å². The van der Waals surface area contributed by atoms with Crippen molar-refractivity contribution >= 4 is 28.8 Å². The number of carbonyl (C=O) groups is 2. The van der Waals surface area contributed by atoms with Crippen LogP contribution in [0.1, 0.15) is 53.6 Å². The van der Waals surface area contributed by atoms with Crippen LogP contribution >= 0.6 is 11.3 Å². The van der Waals surface area contributed by atoms with Gasteiger partial charge in [-0.2, -0.15) is 0 Å². The second-order valence-corrected chi connectivity index (χ2v) is 8.34. The first-order valence-corrected chi connectivity index (χ1v) is 11.0. The first kappa shape index (κ1) is 20.3. The van der Waals surface area contributed by atoms with E-state index in [1.54, 1.807) is 24.3 Å². The van der Waals surface area contributed by atoms with Crippen molar-refractivity contribution in [1.29, 1.82) is 0 Å². The molecule has 4 rings (SSSR count). The summed E-state index contributed by atoms with van der Waals surface area (Å²) in [6.07, 6.45) is 6.51. The average Bonchev–Trinajstić information content (AvgIpc) is 3.47. The van der Waals surface area contributed by atoms with E-state index in [1.807, 2.05) is 11.4 Å². The highest BCUT2D eigenvalue weighted by atomic mass is 32.1. The zero-order valence-corrected chi connectivity index (χ0v) is 17.2. The van der Waals surface area contributed by atoms with Gasteiger partial charge >= 0.3 is 0 Å². The summed E-state index contributed by atoms with van der Waals surface area (Å²) in [7, 11) is 0. The van der Waals surface area contributed by atoms with Crippen molar-refractivity contribution in [2.24, 2.45) is 0 Å². The number of thiophene rings is 1. The minimum absolute atomic E-state index is 0.0381. The lowest BCUT2D eigenvalue weighted by molar-refractivity contribution is -0.123. The van der Waals surface area contributed by atoms with Gasteiger partial charge in [-0.3, -0.25) is 14.5 Å². The molecule has 1 N–H and O–H groups in total. The summed E-state index contributed by atoms with van der Waals surface area (Å²) in [6, 6.07) is 11.8. The molecule has 30 heavy (non-hydrogen) atoms. The predicted molar refractivity (Wildman–Crippen MR) is 114 cm³/mol. The van der Waals surface area contributed by atoms with Gasteiger partial charge in [-0.25, -0.2) is 4.39 Å². The Labute approximate surface area is 178 Å². The van der Waals surface area contributed by atoms with Crippen LogP contribution < -0.4 is 10.2 Å². The molecule has 1 aromatic carbocycles. The number of hydrogen-bond acceptors (Lipinski definition) is 4. The average molecular weight is 427 g/mol. The number of nitrogens with zero attached hydrogens (tertiary/aromatic N) is 1. The SMILES string of the molecule is O=C(NC1CCCCC1)[C@H](c1cccs1)N(C(=O)c1ccco1)c1ccccc1F. The van der Waals surface area contributed by atoms with Gasteiger partial charge in [-0.15, -0.1) is 11.3 Å². The zero-order valence-electron chi connectivity index (χ0n) is 16.4. The third-order valence-electron chi connectivity index (χ3n) is 5.33. The monoisotopic (exact) mass is 426 g/mol. The molecule has 2 amide bonds. The highest BCUT2D eigenvalue weighted by Gasteiger charge is 2.37. The van der Waals surface area contributed by atoms with E-state index in [2.05, 4.69) is 5.32 Å². The Morgan fingerprint density at radius 3 is 2.53 bits per heavy atom. The molecule has 7 heteroatoms. The quantitative estimate of drug-likeness (QED) is 0.580. The lowest BCUT2D eigenvalue weighted by Crippen LogP contribution is -2.47. The number of hydrogen-bond donors (Lipinski definition) is 1. The molecule has 0 spiro atoms. The van der Waals surface area contributed by atoms with Crippen LogP contribution in [0.4, 0.5) is 10.1 Å². The molecule has 1 fully saturated rings. The van der Waals surface area contributed by atoms with Gasteiger partial charge in [0.05, 0.1) is 12.0 Å². The number of nitrogens with one attached hydrogen (secondary N) is 1. The maximum Gasteiger partial charge on any atom is 0.295 e. The lowest BCUT2D eigenvalue weighted by atomic mass is 9.95. The molecule has 3 aromatic rings. The van der Waals surface area contributed by atoms with E-state index in [-0.39, 0.29) is 23.4 Å². The van der Waals surface area contributed by atoms with E-state index in [4.69, 9.17) is 4.42 Å². The summed E-state index contributed by atoms with van der Waals surface area (Å²) < 4.78 is 20.1. The highest BCUT2D eigenvalue weighted by molar-refractivity contribution is 7.10. The summed E-state index contributed by atoms with van der Waals surface area (Å²) in [5.41, 5.74) is 0.0381. The molecule has 2 aromatic heterocycles. The minimum Gasteiger partial charge on any atom is -0.459 e. The Morgan fingerprint density at radius 1 is 1.07 bits per heavy atom. The van der Waals surface area contributed by atoms with E-state index in [0.29, 0.717) is 4.88 Å². The normalized spacial score (nSPS) is 15.5. The molecule has 0 saturated heterocycles. The fourth-order valence-corrected chi connectivity index (χ4v) is 4.69. The Balaban J connectivity index is 1.76. The maximum atomic E-state index is 14.8. The molecule has 0 unspecified atom stereocenters. The van der Waals surface area contributed by atoms with Gasteiger partial charge in [0.25, 0.3) is 5.91 Å². The van der Waals surface area contributed by atoms with Gasteiger partial charge in [0.1, 0.15) is 5.82 Å². The molecule has 5 nitrogen and oxygen atoms in total. The van der Waals surface area contributed by atoms with Crippen LogP contribution in [-0.2, 0) is 4.79 Å². The van der Waals surface area contributed by atoms with Gasteiger partial charge in [0, 0.05) is 10.9 Å². The summed E-state index contributed by atoms with van der Waals surface area (Å²) in [6.45, 7) is 0. The van der Waals surface area contributed by atoms with Gasteiger partial charge in [-0.05, 0) is 48.6 Å². The van der Waals surface area contributed by atoms with Crippen LogP contribution in [0, 0.1) is 5.82 Å². The topological polar surface area (TPSA) is 62.6 Å². The molecular weight excluding hydrogens is 403 g/mol. The van der Waals surface area contributed by atoms with Crippen LogP contribution in [0.5, 0.6) is 0 Å². The van der Waals surface area contributed by atoms with Crippen LogP contribution in [0.3, 0.4) is 0 Å². The van der Waals surface area contributed by atoms with E-state index < -0.39 is 17.8 Å². The smallest absolute Gasteiger partial charge is 0.295 e. The molecule has 1 atom stereocenters. The van der Waals surface area contributed by atoms with Gasteiger partial charge < -0.3 is 9.73 Å². The molecule has 0 radical (unpaired) electrons. The Kier molecular flexibility index (Phi) is 6.28. The summed E-state index contributed by atoms with van der Waals surface area (Å²) in [5.74, 6) is -1.41. The molecule has 156 valence electrons. The lowest BCUT2D eigenvalue weighted by Gasteiger charge is -2.32. The number of rotatable bonds is 6. The van der Waals surface area contributed by atoms with E-state index >= 15 is 0 Å². The van der Waals surface area contributed by atoms with E-state index in [1.165, 1.54) is 47.1 Å². The third kappa shape index (κ3) is 4.31. The molecule has 1 saturated carbocycles. The largest absolute Gasteiger partial charge is 0.459 e. The molecular formula is C23H23FN2O3S.